The van der Waals surface area contributed by atoms with E-state index in [9.17, 15) is 22.5 Å². The molecule has 0 radical (unpaired) electrons. The lowest BCUT2D eigenvalue weighted by Crippen LogP contribution is -2.33. The van der Waals surface area contributed by atoms with Crippen molar-refractivity contribution in [3.63, 3.8) is 0 Å². The smallest absolute Gasteiger partial charge is 0.416 e. The Morgan fingerprint density at radius 3 is 2.54 bits per heavy atom. The number of hydrogen-bond donors (Lipinski definition) is 0. The molecule has 0 fully saturated rings. The molecule has 0 N–H and O–H groups in total. The zero-order valence-electron chi connectivity index (χ0n) is 15.2. The normalized spacial score (nSPS) is 15.7. The molecule has 2 aromatic rings. The lowest BCUT2D eigenvalue weighted by molar-refractivity contribution is -0.137. The molecule has 1 atom stereocenters. The lowest BCUT2D eigenvalue weighted by Gasteiger charge is -2.25. The highest BCUT2D eigenvalue weighted by molar-refractivity contribution is 7.91. The zero-order valence-corrected chi connectivity index (χ0v) is 16.0. The summed E-state index contributed by atoms with van der Waals surface area (Å²) in [4.78, 5) is 18.2. The van der Waals surface area contributed by atoms with Crippen LogP contribution in [0.15, 0.2) is 53.5 Å². The largest absolute Gasteiger partial charge is 0.616 e. The van der Waals surface area contributed by atoms with Crippen molar-refractivity contribution in [3.8, 4) is 0 Å². The van der Waals surface area contributed by atoms with Gasteiger partial charge in [-0.15, -0.1) is 0 Å². The van der Waals surface area contributed by atoms with Gasteiger partial charge in [0.2, 0.25) is 0 Å². The summed E-state index contributed by atoms with van der Waals surface area (Å²) < 4.78 is 51.7. The number of alkyl halides is 3. The van der Waals surface area contributed by atoms with Crippen molar-refractivity contribution in [2.45, 2.75) is 13.1 Å². The van der Waals surface area contributed by atoms with Crippen LogP contribution in [0.25, 0.3) is 0 Å². The van der Waals surface area contributed by atoms with Crippen LogP contribution in [0.3, 0.4) is 0 Å². The third-order valence-electron chi connectivity index (χ3n) is 4.44. The Hall–Kier alpha value is -2.32. The van der Waals surface area contributed by atoms with E-state index < -0.39 is 28.8 Å². The summed E-state index contributed by atoms with van der Waals surface area (Å²) in [6.07, 6.45) is -4.51. The molecule has 0 bridgehead atoms. The summed E-state index contributed by atoms with van der Waals surface area (Å²) in [5.41, 5.74) is 0.700. The molecule has 0 saturated carbocycles. The molecule has 1 aliphatic heterocycles. The quantitative estimate of drug-likeness (QED) is 0.710. The third-order valence-corrected chi connectivity index (χ3v) is 5.72. The number of benzodiazepines with no additional fused rings is 1. The van der Waals surface area contributed by atoms with Gasteiger partial charge in [0.1, 0.15) is 11.5 Å². The second-order valence-corrected chi connectivity index (χ2v) is 8.17. The molecule has 0 aromatic heterocycles. The maximum atomic E-state index is 13.3. The second-order valence-electron chi connectivity index (χ2n) is 6.30. The minimum absolute atomic E-state index is 0.0738. The first-order valence-electron chi connectivity index (χ1n) is 8.78. The molecule has 0 aliphatic carbocycles. The van der Waals surface area contributed by atoms with Crippen molar-refractivity contribution in [3.05, 3.63) is 65.2 Å². The van der Waals surface area contributed by atoms with Gasteiger partial charge >= 0.3 is 6.18 Å². The van der Waals surface area contributed by atoms with Crippen LogP contribution in [0.5, 0.6) is 0 Å². The molecular weight excluding hydrogens is 389 g/mol. The molecule has 1 amide bonds. The lowest BCUT2D eigenvalue weighted by atomic mass is 9.98. The predicted molar refractivity (Wildman–Crippen MR) is 104 cm³/mol. The van der Waals surface area contributed by atoms with Crippen LogP contribution >= 0.6 is 0 Å². The van der Waals surface area contributed by atoms with Crippen LogP contribution in [0.2, 0.25) is 0 Å². The Morgan fingerprint density at radius 2 is 1.89 bits per heavy atom. The molecule has 148 valence electrons. The molecular formula is C20H19F3N2O2S. The van der Waals surface area contributed by atoms with Crippen LogP contribution in [-0.4, -0.2) is 40.8 Å². The van der Waals surface area contributed by atoms with Crippen LogP contribution in [0, 0.1) is 0 Å². The average Bonchev–Trinajstić information content (AvgIpc) is 2.82. The van der Waals surface area contributed by atoms with Crippen LogP contribution in [0.4, 0.5) is 18.9 Å². The number of amides is 1. The van der Waals surface area contributed by atoms with Gasteiger partial charge in [-0.1, -0.05) is 41.5 Å². The van der Waals surface area contributed by atoms with Crippen LogP contribution in [-0.2, 0) is 22.1 Å². The van der Waals surface area contributed by atoms with E-state index in [1.54, 1.807) is 42.2 Å². The number of carbonyl (C=O) groups is 1. The van der Waals surface area contributed by atoms with E-state index in [-0.39, 0.29) is 17.8 Å². The molecule has 1 unspecified atom stereocenters. The van der Waals surface area contributed by atoms with Crippen molar-refractivity contribution >= 4 is 28.5 Å². The van der Waals surface area contributed by atoms with E-state index in [2.05, 4.69) is 4.99 Å². The number of anilines is 1. The summed E-state index contributed by atoms with van der Waals surface area (Å²) in [6.45, 7) is 2.02. The monoisotopic (exact) mass is 408 g/mol. The second kappa shape index (κ2) is 8.36. The van der Waals surface area contributed by atoms with E-state index in [1.807, 2.05) is 0 Å². The van der Waals surface area contributed by atoms with Crippen LogP contribution in [0.1, 0.15) is 23.6 Å². The molecule has 4 nitrogen and oxygen atoms in total. The van der Waals surface area contributed by atoms with Crippen molar-refractivity contribution in [2.75, 3.05) is 29.5 Å². The number of rotatable bonds is 5. The van der Waals surface area contributed by atoms with Gasteiger partial charge in [0.05, 0.1) is 24.4 Å². The van der Waals surface area contributed by atoms with Crippen molar-refractivity contribution in [1.82, 2.24) is 0 Å². The van der Waals surface area contributed by atoms with Crippen LogP contribution < -0.4 is 4.90 Å². The number of benzene rings is 2. The summed E-state index contributed by atoms with van der Waals surface area (Å²) >= 11 is -1.06. The number of halogens is 3. The topological polar surface area (TPSA) is 55.7 Å². The molecule has 28 heavy (non-hydrogen) atoms. The summed E-state index contributed by atoms with van der Waals surface area (Å²) in [5.74, 6) is 0.351. The van der Waals surface area contributed by atoms with E-state index in [0.717, 1.165) is 12.1 Å². The molecule has 0 spiro atoms. The van der Waals surface area contributed by atoms with Gasteiger partial charge in [-0.3, -0.25) is 4.79 Å². The highest BCUT2D eigenvalue weighted by atomic mass is 32.2. The number of nitrogens with zero attached hydrogens (tertiary/aromatic N) is 2. The minimum atomic E-state index is -4.51. The van der Waals surface area contributed by atoms with E-state index in [0.29, 0.717) is 29.3 Å². The maximum absolute atomic E-state index is 13.3. The molecule has 1 aliphatic rings. The predicted octanol–water partition coefficient (Wildman–Crippen LogP) is 3.66. The standard InChI is InChI=1S/C20H19F3N2O2S/c1-2-28(27)11-10-25-13-18(26)24-19(14-6-4-3-5-7-14)16-12-15(20(21,22)23)8-9-17(16)25/h3-9,12H,2,10-11,13H2,1H3. The van der Waals surface area contributed by atoms with E-state index >= 15 is 0 Å². The number of hydrogen-bond acceptors (Lipinski definition) is 3. The number of aliphatic imine (C=N–C) groups is 1. The van der Waals surface area contributed by atoms with E-state index in [1.165, 1.54) is 6.07 Å². The fourth-order valence-corrected chi connectivity index (χ4v) is 3.73. The first-order chi connectivity index (χ1) is 13.3. The SMILES string of the molecule is CC[S+]([O-])CCN1CC(=O)N=C(c2ccccc2)c2cc(C(F)(F)F)ccc21. The number of fused-ring (bicyclic) bond motifs is 1. The highest BCUT2D eigenvalue weighted by Crippen LogP contribution is 2.35. The highest BCUT2D eigenvalue weighted by Gasteiger charge is 2.33. The fourth-order valence-electron chi connectivity index (χ4n) is 3.02. The molecule has 3 rings (SSSR count). The first kappa shape index (κ1) is 20.4. The molecule has 2 aromatic carbocycles. The minimum Gasteiger partial charge on any atom is -0.616 e. The number of carbonyl (C=O) groups excluding carboxylic acids is 1. The summed E-state index contributed by atoms with van der Waals surface area (Å²) in [6, 6.07) is 12.1. The van der Waals surface area contributed by atoms with Gasteiger partial charge in [-0.05, 0) is 25.1 Å². The fraction of sp³-hybridized carbons (Fsp3) is 0.300. The van der Waals surface area contributed by atoms with E-state index in [4.69, 9.17) is 0 Å². The summed E-state index contributed by atoms with van der Waals surface area (Å²) in [5, 5.41) is 0. The van der Waals surface area contributed by atoms with Gasteiger partial charge in [0.15, 0.2) is 0 Å². The van der Waals surface area contributed by atoms with Crippen molar-refractivity contribution < 1.29 is 22.5 Å². The summed E-state index contributed by atoms with van der Waals surface area (Å²) in [7, 11) is 0. The Labute approximate surface area is 164 Å². The van der Waals surface area contributed by atoms with Gasteiger partial charge in [-0.2, -0.15) is 13.2 Å². The Bertz CT molecular complexity index is 885. The Balaban J connectivity index is 2.11. The maximum Gasteiger partial charge on any atom is 0.416 e. The van der Waals surface area contributed by atoms with Gasteiger partial charge in [0.25, 0.3) is 5.91 Å². The van der Waals surface area contributed by atoms with Gasteiger partial charge in [0, 0.05) is 16.8 Å². The molecule has 1 heterocycles. The Morgan fingerprint density at radius 1 is 1.18 bits per heavy atom. The third kappa shape index (κ3) is 4.56. The van der Waals surface area contributed by atoms with Gasteiger partial charge in [-0.25, -0.2) is 4.99 Å². The van der Waals surface area contributed by atoms with Crippen molar-refractivity contribution in [2.24, 2.45) is 4.99 Å². The first-order valence-corrected chi connectivity index (χ1v) is 10.3. The zero-order chi connectivity index (χ0) is 20.3. The Kier molecular flexibility index (Phi) is 6.10. The van der Waals surface area contributed by atoms with Gasteiger partial charge < -0.3 is 9.45 Å². The molecule has 8 heteroatoms. The average molecular weight is 408 g/mol. The van der Waals surface area contributed by atoms with Crippen molar-refractivity contribution in [1.29, 1.82) is 0 Å². The molecule has 0 saturated heterocycles.